The molecule has 0 aromatic carbocycles. The first-order valence-corrected chi connectivity index (χ1v) is 31.1. The maximum Gasteiger partial charge on any atom is 0.472 e. The molecule has 0 aliphatic carbocycles. The summed E-state index contributed by atoms with van der Waals surface area (Å²) in [6.07, 6.45) is -6.13. The van der Waals surface area contributed by atoms with E-state index in [-0.39, 0.29) is 58.3 Å². The molecule has 1 fully saturated rings. The van der Waals surface area contributed by atoms with E-state index in [9.17, 15) is 57.0 Å². The van der Waals surface area contributed by atoms with Crippen LogP contribution in [0.4, 0.5) is 17.6 Å². The van der Waals surface area contributed by atoms with Crippen LogP contribution in [0, 0.1) is 6.92 Å². The molecule has 1 aliphatic rings. The summed E-state index contributed by atoms with van der Waals surface area (Å²) in [4.78, 5) is 121. The van der Waals surface area contributed by atoms with Gasteiger partial charge in [-0.2, -0.15) is 9.97 Å². The third-order valence-corrected chi connectivity index (χ3v) is 16.0. The van der Waals surface area contributed by atoms with Crippen LogP contribution in [0.25, 0.3) is 22.3 Å². The highest BCUT2D eigenvalue weighted by Gasteiger charge is 2.43. The highest BCUT2D eigenvalue weighted by Crippen LogP contribution is 2.51. The normalized spacial score (nSPS) is 20.9. The molecule has 458 valence electrons. The largest absolute Gasteiger partial charge is 0.472 e. The number of aromatic amines is 2. The van der Waals surface area contributed by atoms with Crippen molar-refractivity contribution in [3.8, 4) is 0 Å². The molecular weight excluding hydrogens is 1190 g/mol. The van der Waals surface area contributed by atoms with Gasteiger partial charge in [0.1, 0.15) is 62.4 Å². The summed E-state index contributed by atoms with van der Waals surface area (Å²) in [6.45, 7) is 3.25. The summed E-state index contributed by atoms with van der Waals surface area (Å²) in [6, 6.07) is 1.28. The monoisotopic (exact) mass is 1260 g/mol. The fourth-order valence-corrected chi connectivity index (χ4v) is 11.5. The molecule has 6 aromatic rings. The third-order valence-electron chi connectivity index (χ3n) is 12.1. The quantitative estimate of drug-likeness (QED) is 0.0265. The Hall–Kier alpha value is -5.82. The van der Waals surface area contributed by atoms with Gasteiger partial charge in [-0.15, -0.1) is 0 Å². The van der Waals surface area contributed by atoms with Crippen molar-refractivity contribution in [3.63, 3.8) is 0 Å². The first kappa shape index (κ1) is 64.7. The number of nitrogen functional groups attached to an aromatic ring is 3. The van der Waals surface area contributed by atoms with Gasteiger partial charge in [-0.25, -0.2) is 43.2 Å². The molecule has 12 N–H and O–H groups in total. The minimum Gasteiger partial charge on any atom is -0.383 e. The lowest BCUT2D eigenvalue weighted by Gasteiger charge is -2.29. The second-order valence-electron chi connectivity index (χ2n) is 18.5. The molecular formula is C41H61N15O23P4. The van der Waals surface area contributed by atoms with Crippen molar-refractivity contribution in [2.45, 2.75) is 123 Å². The Balaban J connectivity index is 1.07. The minimum atomic E-state index is -5.38. The van der Waals surface area contributed by atoms with Crippen molar-refractivity contribution in [3.05, 3.63) is 84.7 Å². The molecule has 7 rings (SSSR count). The summed E-state index contributed by atoms with van der Waals surface area (Å²) in [5.74, 6) is -0.378. The summed E-state index contributed by atoms with van der Waals surface area (Å²) < 4.78 is 119. The van der Waals surface area contributed by atoms with Crippen LogP contribution in [0.2, 0.25) is 0 Å². The van der Waals surface area contributed by atoms with Gasteiger partial charge in [0.25, 0.3) is 11.1 Å². The zero-order valence-electron chi connectivity index (χ0n) is 44.9. The number of nitrogens with two attached hydrogens (primary N) is 3. The predicted octanol–water partition coefficient (Wildman–Crippen LogP) is 0.314. The van der Waals surface area contributed by atoms with E-state index < -0.39 is 149 Å². The SMILES string of the molecule is CC[C@H]1O[C@@H](n2cc(C)c(=O)[nH]c2=O)CC1OP(=O)(O)OC[C@@H](OCn1cnc2c(N)ncnc21)C(C)OP(=O)(O)OC[C@@H](OCn1cnc2c(=O)[nH]c(N)nc21)C(C)OP(=O)(O)OC[C@@H](OCn1ccc(N)nc1=O)C(C)OP(C)(=O)O. The van der Waals surface area contributed by atoms with Crippen LogP contribution < -0.4 is 39.7 Å². The Labute approximate surface area is 467 Å². The Morgan fingerprint density at radius 3 is 1.82 bits per heavy atom. The number of nitrogens with zero attached hydrogens (tertiary/aromatic N) is 10. The van der Waals surface area contributed by atoms with Gasteiger partial charge in [0, 0.05) is 31.0 Å². The van der Waals surface area contributed by atoms with E-state index >= 15 is 0 Å². The van der Waals surface area contributed by atoms with Gasteiger partial charge in [0.2, 0.25) is 5.95 Å². The number of hydrogen-bond acceptors (Lipinski definition) is 28. The lowest BCUT2D eigenvalue weighted by Crippen LogP contribution is -2.36. The van der Waals surface area contributed by atoms with Crippen molar-refractivity contribution in [1.29, 1.82) is 0 Å². The number of hydrogen-bond donors (Lipinski definition) is 9. The number of ether oxygens (including phenoxy) is 4. The average Bonchev–Trinajstić information content (AvgIpc) is 4.16. The lowest BCUT2D eigenvalue weighted by atomic mass is 10.1. The van der Waals surface area contributed by atoms with E-state index in [0.717, 1.165) is 35.4 Å². The zero-order chi connectivity index (χ0) is 60.8. The zero-order valence-corrected chi connectivity index (χ0v) is 48.4. The number of rotatable bonds is 31. The second-order valence-corrected chi connectivity index (χ2v) is 24.5. The fraction of sp³-hybridized carbons (Fsp3) is 0.561. The number of aromatic nitrogens is 12. The molecule has 0 radical (unpaired) electrons. The van der Waals surface area contributed by atoms with Gasteiger partial charge in [-0.1, -0.05) is 6.92 Å². The molecule has 8 unspecified atom stereocenters. The predicted molar refractivity (Wildman–Crippen MR) is 284 cm³/mol. The van der Waals surface area contributed by atoms with Gasteiger partial charge < -0.3 is 60.2 Å². The molecule has 42 heteroatoms. The molecule has 6 aromatic heterocycles. The van der Waals surface area contributed by atoms with Gasteiger partial charge in [-0.3, -0.25) is 69.5 Å². The summed E-state index contributed by atoms with van der Waals surface area (Å²) >= 11 is 0. The van der Waals surface area contributed by atoms with Gasteiger partial charge in [0.05, 0.1) is 63.0 Å². The van der Waals surface area contributed by atoms with Crippen LogP contribution in [0.15, 0.2) is 56.6 Å². The molecule has 1 aliphatic heterocycles. The maximum absolute atomic E-state index is 13.9. The molecule has 83 heavy (non-hydrogen) atoms. The maximum atomic E-state index is 13.9. The Kier molecular flexibility index (Phi) is 21.1. The van der Waals surface area contributed by atoms with E-state index in [1.54, 1.807) is 6.92 Å². The van der Waals surface area contributed by atoms with Gasteiger partial charge in [-0.05, 0) is 40.2 Å². The number of H-pyrrole nitrogens is 2. The Morgan fingerprint density at radius 1 is 0.711 bits per heavy atom. The standard InChI is InChI=1S/C41H61N15O23P4/c1-7-25-26(10-31(75-25)56-11-21(2)37(57)52-41(56)60)79-83(67,68)74-14-29(70-19-54-16-47-32-34(43)45-15-46-35(32)54)24(5)78-82(65,66)73-13-28(71-20-55-17-48-33-36(55)50-39(44)51-38(33)58)23(4)77-81(63,64)72-12-27(22(3)76-80(6,61)62)69-18-53-9-8-30(42)49-40(53)59/h8-9,11,15-17,22-29,31H,7,10,12-14,18-20H2,1-6H3,(H,61,62)(H,63,64)(H,65,66)(H,67,68)(H2,42,49,59)(H2,43,45,46)(H,52,57,60)(H3,44,50,51,58)/t22?,23?,24?,25-,26?,27-,28-,29-,31-/m1/s1. The van der Waals surface area contributed by atoms with Crippen molar-refractivity contribution in [1.82, 2.24) is 58.1 Å². The smallest absolute Gasteiger partial charge is 0.383 e. The van der Waals surface area contributed by atoms with Crippen LogP contribution in [0.1, 0.15) is 52.3 Å². The molecule has 7 heterocycles. The fourth-order valence-electron chi connectivity index (χ4n) is 7.93. The van der Waals surface area contributed by atoms with Crippen LogP contribution in [-0.4, -0.2) is 153 Å². The van der Waals surface area contributed by atoms with E-state index in [4.69, 9.17) is 67.8 Å². The number of phosphoric ester groups is 3. The minimum absolute atomic E-state index is 0.0223. The third kappa shape index (κ3) is 17.6. The van der Waals surface area contributed by atoms with Crippen LogP contribution in [-0.2, 0) is 89.1 Å². The summed E-state index contributed by atoms with van der Waals surface area (Å²) in [5.41, 5.74) is 14.6. The topological polar surface area (TPSA) is 526 Å². The lowest BCUT2D eigenvalue weighted by molar-refractivity contribution is -0.0967. The number of phosphoric acid groups is 3. The molecule has 0 amide bonds. The first-order valence-electron chi connectivity index (χ1n) is 24.6. The first-order chi connectivity index (χ1) is 38.9. The number of nitrogens with one attached hydrogen (secondary N) is 2. The highest BCUT2D eigenvalue weighted by atomic mass is 31.2. The van der Waals surface area contributed by atoms with Gasteiger partial charge in [0.15, 0.2) is 22.6 Å². The van der Waals surface area contributed by atoms with Crippen LogP contribution >= 0.6 is 31.1 Å². The van der Waals surface area contributed by atoms with Crippen molar-refractivity contribution in [2.75, 3.05) is 43.7 Å². The van der Waals surface area contributed by atoms with Crippen molar-refractivity contribution < 1.29 is 88.4 Å². The van der Waals surface area contributed by atoms with Crippen LogP contribution in [0.5, 0.6) is 0 Å². The van der Waals surface area contributed by atoms with Crippen molar-refractivity contribution >= 4 is 71.0 Å². The molecule has 0 saturated carbocycles. The van der Waals surface area contributed by atoms with E-state index in [0.29, 0.717) is 0 Å². The molecule has 38 nitrogen and oxygen atoms in total. The Bertz CT molecular complexity index is 3680. The molecule has 0 bridgehead atoms. The average molecular weight is 1260 g/mol. The molecule has 13 atom stereocenters. The highest BCUT2D eigenvalue weighted by molar-refractivity contribution is 7.52. The van der Waals surface area contributed by atoms with Crippen LogP contribution in [0.3, 0.4) is 0 Å². The molecule has 1 saturated heterocycles. The number of fused-ring (bicyclic) bond motifs is 2. The number of anilines is 3. The summed E-state index contributed by atoms with van der Waals surface area (Å²) in [7, 11) is -20.0. The second kappa shape index (κ2) is 27.0. The van der Waals surface area contributed by atoms with E-state index in [1.165, 1.54) is 54.7 Å². The van der Waals surface area contributed by atoms with Gasteiger partial charge >= 0.3 is 42.4 Å². The number of imidazole rings is 2. The number of aryl methyl sites for hydroxylation is 1. The van der Waals surface area contributed by atoms with E-state index in [2.05, 4.69) is 39.9 Å². The van der Waals surface area contributed by atoms with E-state index in [1.807, 2.05) is 0 Å². The molecule has 0 spiro atoms. The summed E-state index contributed by atoms with van der Waals surface area (Å²) in [5, 5.41) is 0. The Morgan fingerprint density at radius 2 is 1.25 bits per heavy atom. The van der Waals surface area contributed by atoms with Crippen molar-refractivity contribution in [2.24, 2.45) is 0 Å².